The summed E-state index contributed by atoms with van der Waals surface area (Å²) in [7, 11) is -3.99. The van der Waals surface area contributed by atoms with Crippen LogP contribution in [0.2, 0.25) is 0 Å². The van der Waals surface area contributed by atoms with Gasteiger partial charge in [-0.3, -0.25) is 27.8 Å². The van der Waals surface area contributed by atoms with Crippen LogP contribution in [0.5, 0.6) is 0 Å². The van der Waals surface area contributed by atoms with Crippen molar-refractivity contribution in [1.29, 1.82) is 0 Å². The standard InChI is InChI=1S/C18H31N4O9P/c1-17(2,3)13(23)28-10-30-32(26,31-11-29-14(24)18(4,5)6)12-27-8-7-22-9-20-15(19)21-16(22)25/h9H,7-8,10-12H2,1-6H3,(H2,19,21,25). The molecule has 13 nitrogen and oxygen atoms in total. The number of esters is 2. The molecular formula is C18H31N4O9P. The van der Waals surface area contributed by atoms with E-state index in [1.165, 1.54) is 6.33 Å². The summed E-state index contributed by atoms with van der Waals surface area (Å²) in [5, 5.41) is 0. The molecule has 0 aliphatic carbocycles. The Bertz CT molecular complexity index is 854. The van der Waals surface area contributed by atoms with Crippen LogP contribution < -0.4 is 11.4 Å². The van der Waals surface area contributed by atoms with E-state index in [1.54, 1.807) is 41.5 Å². The van der Waals surface area contributed by atoms with E-state index in [0.29, 0.717) is 0 Å². The summed E-state index contributed by atoms with van der Waals surface area (Å²) in [6.45, 7) is 8.50. The normalized spacial score (nSPS) is 12.4. The second-order valence-corrected chi connectivity index (χ2v) is 10.7. The fourth-order valence-electron chi connectivity index (χ4n) is 1.73. The van der Waals surface area contributed by atoms with Gasteiger partial charge in [-0.25, -0.2) is 9.78 Å². The average Bonchev–Trinajstić information content (AvgIpc) is 2.65. The average molecular weight is 478 g/mol. The molecule has 2 N–H and O–H groups in total. The van der Waals surface area contributed by atoms with Gasteiger partial charge < -0.3 is 19.9 Å². The van der Waals surface area contributed by atoms with E-state index in [4.69, 9.17) is 29.0 Å². The number of rotatable bonds is 11. The Balaban J connectivity index is 2.66. The molecule has 1 aromatic heterocycles. The lowest BCUT2D eigenvalue weighted by atomic mass is 9.98. The van der Waals surface area contributed by atoms with Gasteiger partial charge in [0.15, 0.2) is 0 Å². The highest BCUT2D eigenvalue weighted by molar-refractivity contribution is 7.53. The molecule has 0 atom stereocenters. The molecule has 0 unspecified atom stereocenters. The predicted molar refractivity (Wildman–Crippen MR) is 112 cm³/mol. The first-order chi connectivity index (χ1) is 14.6. The van der Waals surface area contributed by atoms with Crippen LogP contribution in [-0.2, 0) is 44.0 Å². The third-order valence-electron chi connectivity index (χ3n) is 3.61. The molecule has 0 saturated heterocycles. The zero-order valence-corrected chi connectivity index (χ0v) is 20.0. The summed E-state index contributed by atoms with van der Waals surface area (Å²) < 4.78 is 39.5. The van der Waals surface area contributed by atoms with Gasteiger partial charge in [-0.1, -0.05) is 0 Å². The highest BCUT2D eigenvalue weighted by Gasteiger charge is 2.30. The fraction of sp³-hybridized carbons (Fsp3) is 0.722. The third kappa shape index (κ3) is 9.86. The predicted octanol–water partition coefficient (Wildman–Crippen LogP) is 1.51. The summed E-state index contributed by atoms with van der Waals surface area (Å²) in [5.41, 5.74) is 3.11. The Hall–Kier alpha value is -2.34. The fourth-order valence-corrected chi connectivity index (χ4v) is 2.73. The molecule has 0 spiro atoms. The van der Waals surface area contributed by atoms with Crippen molar-refractivity contribution >= 4 is 25.5 Å². The van der Waals surface area contributed by atoms with Crippen molar-refractivity contribution in [2.45, 2.75) is 48.1 Å². The van der Waals surface area contributed by atoms with E-state index in [9.17, 15) is 18.9 Å². The molecule has 1 aromatic rings. The maximum Gasteiger partial charge on any atom is 0.361 e. The Morgan fingerprint density at radius 3 is 1.97 bits per heavy atom. The van der Waals surface area contributed by atoms with Crippen LogP contribution in [-0.4, -0.2) is 53.0 Å². The molecule has 0 aliphatic rings. The molecule has 32 heavy (non-hydrogen) atoms. The number of hydrogen-bond acceptors (Lipinski definition) is 12. The molecule has 0 amide bonds. The van der Waals surface area contributed by atoms with Crippen LogP contribution in [0.15, 0.2) is 11.1 Å². The molecule has 0 fully saturated rings. The van der Waals surface area contributed by atoms with E-state index >= 15 is 0 Å². The van der Waals surface area contributed by atoms with E-state index in [2.05, 4.69) is 9.97 Å². The van der Waals surface area contributed by atoms with Crippen LogP contribution in [0.3, 0.4) is 0 Å². The van der Waals surface area contributed by atoms with Crippen molar-refractivity contribution in [3.05, 3.63) is 16.8 Å². The first kappa shape index (κ1) is 27.7. The lowest BCUT2D eigenvalue weighted by Crippen LogP contribution is -2.26. The quantitative estimate of drug-likeness (QED) is 0.211. The molecule has 0 radical (unpaired) electrons. The molecule has 0 bridgehead atoms. The van der Waals surface area contributed by atoms with Gasteiger partial charge in [-0.05, 0) is 41.5 Å². The first-order valence-electron chi connectivity index (χ1n) is 9.63. The second kappa shape index (κ2) is 11.5. The van der Waals surface area contributed by atoms with Gasteiger partial charge in [0.25, 0.3) is 0 Å². The number of ether oxygens (including phenoxy) is 3. The summed E-state index contributed by atoms with van der Waals surface area (Å²) in [6.07, 6.45) is 0.635. The summed E-state index contributed by atoms with van der Waals surface area (Å²) in [6, 6.07) is 0. The molecule has 1 rings (SSSR count). The second-order valence-electron chi connectivity index (χ2n) is 8.70. The largest absolute Gasteiger partial charge is 0.438 e. The first-order valence-corrected chi connectivity index (χ1v) is 11.4. The van der Waals surface area contributed by atoms with Crippen molar-refractivity contribution in [2.75, 3.05) is 32.3 Å². The molecule has 1 heterocycles. The van der Waals surface area contributed by atoms with Crippen LogP contribution >= 0.6 is 7.60 Å². The number of aromatic nitrogens is 3. The van der Waals surface area contributed by atoms with Crippen molar-refractivity contribution in [3.63, 3.8) is 0 Å². The van der Waals surface area contributed by atoms with E-state index in [1.807, 2.05) is 0 Å². The van der Waals surface area contributed by atoms with Gasteiger partial charge in [0, 0.05) is 0 Å². The molecule has 0 saturated carbocycles. The topological polar surface area (TPSA) is 171 Å². The van der Waals surface area contributed by atoms with Gasteiger partial charge in [0.05, 0.1) is 24.0 Å². The number of nitrogens with zero attached hydrogens (tertiary/aromatic N) is 3. The van der Waals surface area contributed by atoms with Crippen LogP contribution in [0, 0.1) is 10.8 Å². The lowest BCUT2D eigenvalue weighted by molar-refractivity contribution is -0.162. The van der Waals surface area contributed by atoms with E-state index in [0.717, 1.165) is 4.57 Å². The third-order valence-corrected chi connectivity index (χ3v) is 5.11. The maximum absolute atomic E-state index is 12.9. The van der Waals surface area contributed by atoms with Crippen molar-refractivity contribution in [1.82, 2.24) is 14.5 Å². The Morgan fingerprint density at radius 1 is 1.03 bits per heavy atom. The van der Waals surface area contributed by atoms with Gasteiger partial charge in [-0.15, -0.1) is 0 Å². The summed E-state index contributed by atoms with van der Waals surface area (Å²) >= 11 is 0. The number of nitrogens with two attached hydrogens (primary N) is 1. The van der Waals surface area contributed by atoms with Gasteiger partial charge >= 0.3 is 25.2 Å². The zero-order chi connectivity index (χ0) is 24.6. The van der Waals surface area contributed by atoms with Crippen molar-refractivity contribution < 1.29 is 37.4 Å². The highest BCUT2D eigenvalue weighted by Crippen LogP contribution is 2.48. The minimum Gasteiger partial charge on any atom is -0.438 e. The minimum atomic E-state index is -3.99. The molecular weight excluding hydrogens is 447 g/mol. The zero-order valence-electron chi connectivity index (χ0n) is 19.2. The summed E-state index contributed by atoms with van der Waals surface area (Å²) in [4.78, 5) is 42.5. The Morgan fingerprint density at radius 2 is 1.53 bits per heavy atom. The van der Waals surface area contributed by atoms with Gasteiger partial charge in [0.2, 0.25) is 19.5 Å². The van der Waals surface area contributed by atoms with Gasteiger partial charge in [-0.2, -0.15) is 4.98 Å². The number of hydrogen-bond donors (Lipinski definition) is 1. The Labute approximate surface area is 186 Å². The monoisotopic (exact) mass is 478 g/mol. The van der Waals surface area contributed by atoms with Crippen LogP contribution in [0.4, 0.5) is 5.95 Å². The molecule has 0 aliphatic heterocycles. The number of nitrogen functional groups attached to an aromatic ring is 1. The smallest absolute Gasteiger partial charge is 0.361 e. The van der Waals surface area contributed by atoms with E-state index < -0.39 is 56.0 Å². The van der Waals surface area contributed by atoms with Crippen molar-refractivity contribution in [2.24, 2.45) is 10.8 Å². The molecule has 0 aromatic carbocycles. The number of anilines is 1. The Kier molecular flexibility index (Phi) is 9.96. The minimum absolute atomic E-state index is 0.0388. The van der Waals surface area contributed by atoms with Crippen LogP contribution in [0.1, 0.15) is 41.5 Å². The van der Waals surface area contributed by atoms with Gasteiger partial charge in [0.1, 0.15) is 12.7 Å². The SMILES string of the molecule is CC(C)(C)C(=O)OCOP(=O)(COCCn1cnc(N)nc1=O)OCOC(=O)C(C)(C)C. The van der Waals surface area contributed by atoms with E-state index in [-0.39, 0.29) is 19.1 Å². The number of carbonyl (C=O) groups excluding carboxylic acids is 2. The van der Waals surface area contributed by atoms with Crippen molar-refractivity contribution in [3.8, 4) is 0 Å². The number of carbonyl (C=O) groups is 2. The molecule has 14 heteroatoms. The highest BCUT2D eigenvalue weighted by atomic mass is 31.2. The summed E-state index contributed by atoms with van der Waals surface area (Å²) in [5.74, 6) is -1.31. The van der Waals surface area contributed by atoms with Crippen LogP contribution in [0.25, 0.3) is 0 Å². The molecule has 182 valence electrons. The lowest BCUT2D eigenvalue weighted by Gasteiger charge is -2.22. The maximum atomic E-state index is 12.9.